The summed E-state index contributed by atoms with van der Waals surface area (Å²) in [5.41, 5.74) is 1.91. The van der Waals surface area contributed by atoms with Gasteiger partial charge < -0.3 is 15.5 Å². The van der Waals surface area contributed by atoms with E-state index in [1.165, 1.54) is 28.4 Å². The molecular formula is C27H38N5O4S+. The Bertz CT molecular complexity index is 1160. The summed E-state index contributed by atoms with van der Waals surface area (Å²) in [6.07, 6.45) is 2.99. The van der Waals surface area contributed by atoms with Crippen LogP contribution in [0.4, 0.5) is 16.4 Å². The van der Waals surface area contributed by atoms with Crippen LogP contribution in [0.3, 0.4) is 0 Å². The Labute approximate surface area is 222 Å². The fourth-order valence-electron chi connectivity index (χ4n) is 5.15. The van der Waals surface area contributed by atoms with Gasteiger partial charge in [0.05, 0.1) is 30.6 Å². The first kappa shape index (κ1) is 27.2. The molecule has 10 heteroatoms. The SMILES string of the molecule is C[NH+]1CCN(CCC(=O)Nc2sc3c(c2C(=O)Nc2cccc([N+](=O)[O-])c2)CCC(C(C)(C)C)C3)CC1. The van der Waals surface area contributed by atoms with Crippen molar-refractivity contribution in [1.82, 2.24) is 4.90 Å². The molecule has 1 fully saturated rings. The Balaban J connectivity index is 1.54. The van der Waals surface area contributed by atoms with Gasteiger partial charge in [0, 0.05) is 48.8 Å². The lowest BCUT2D eigenvalue weighted by Crippen LogP contribution is -3.12. The summed E-state index contributed by atoms with van der Waals surface area (Å²) >= 11 is 1.50. The molecule has 3 N–H and O–H groups in total. The lowest BCUT2D eigenvalue weighted by atomic mass is 9.72. The number of nitro groups is 1. The van der Waals surface area contributed by atoms with Gasteiger partial charge in [-0.05, 0) is 42.2 Å². The number of hydrogen-bond acceptors (Lipinski definition) is 6. The molecule has 1 aliphatic heterocycles. The number of likely N-dealkylation sites (N-methyl/N-ethyl adjacent to an activating group) is 1. The maximum absolute atomic E-state index is 13.5. The molecule has 2 heterocycles. The predicted octanol–water partition coefficient (Wildman–Crippen LogP) is 3.22. The molecule has 0 bridgehead atoms. The highest BCUT2D eigenvalue weighted by molar-refractivity contribution is 7.17. The van der Waals surface area contributed by atoms with E-state index in [1.807, 2.05) is 0 Å². The Morgan fingerprint density at radius 2 is 1.95 bits per heavy atom. The molecule has 200 valence electrons. The van der Waals surface area contributed by atoms with Crippen molar-refractivity contribution in [3.63, 3.8) is 0 Å². The van der Waals surface area contributed by atoms with Crippen molar-refractivity contribution >= 4 is 39.5 Å². The molecule has 9 nitrogen and oxygen atoms in total. The second kappa shape index (κ2) is 11.3. The quantitative estimate of drug-likeness (QED) is 0.378. The molecule has 0 radical (unpaired) electrons. The van der Waals surface area contributed by atoms with Crippen LogP contribution in [0.1, 0.15) is 54.4 Å². The third-order valence-corrected chi connectivity index (χ3v) is 8.82. The number of nitrogens with one attached hydrogen (secondary N) is 3. The Kier molecular flexibility index (Phi) is 8.30. The number of quaternary nitrogens is 1. The third kappa shape index (κ3) is 6.74. The second-order valence-electron chi connectivity index (χ2n) is 11.4. The van der Waals surface area contributed by atoms with E-state index >= 15 is 0 Å². The first-order chi connectivity index (χ1) is 17.5. The van der Waals surface area contributed by atoms with Crippen molar-refractivity contribution in [1.29, 1.82) is 0 Å². The first-order valence-electron chi connectivity index (χ1n) is 13.0. The van der Waals surface area contributed by atoms with E-state index in [0.29, 0.717) is 35.1 Å². The van der Waals surface area contributed by atoms with Crippen molar-refractivity contribution < 1.29 is 19.4 Å². The molecule has 1 aromatic heterocycles. The zero-order chi connectivity index (χ0) is 26.7. The van der Waals surface area contributed by atoms with Gasteiger partial charge in [-0.1, -0.05) is 26.8 Å². The average Bonchev–Trinajstić information content (AvgIpc) is 3.20. The van der Waals surface area contributed by atoms with Crippen LogP contribution < -0.4 is 15.5 Å². The minimum atomic E-state index is -0.484. The van der Waals surface area contributed by atoms with E-state index in [-0.39, 0.29) is 22.9 Å². The molecule has 2 aliphatic rings. The highest BCUT2D eigenvalue weighted by Crippen LogP contribution is 2.44. The van der Waals surface area contributed by atoms with Crippen LogP contribution in [0.25, 0.3) is 0 Å². The van der Waals surface area contributed by atoms with Gasteiger partial charge in [-0.3, -0.25) is 24.6 Å². The number of amides is 2. The number of non-ortho nitro benzene ring substituents is 1. The largest absolute Gasteiger partial charge is 0.335 e. The molecule has 4 rings (SSSR count). The number of carbonyl (C=O) groups is 2. The van der Waals surface area contributed by atoms with Gasteiger partial charge in [0.1, 0.15) is 5.00 Å². The number of fused-ring (bicyclic) bond motifs is 1. The van der Waals surface area contributed by atoms with Crippen molar-refractivity contribution in [2.75, 3.05) is 50.4 Å². The summed E-state index contributed by atoms with van der Waals surface area (Å²) in [6.45, 7) is 11.6. The van der Waals surface area contributed by atoms with Gasteiger partial charge >= 0.3 is 0 Å². The molecule has 0 spiro atoms. The number of nitrogens with zero attached hydrogens (tertiary/aromatic N) is 2. The average molecular weight is 529 g/mol. The second-order valence-corrected chi connectivity index (χ2v) is 12.5. The Morgan fingerprint density at radius 3 is 2.62 bits per heavy atom. The summed E-state index contributed by atoms with van der Waals surface area (Å²) in [6, 6.07) is 5.92. The van der Waals surface area contributed by atoms with Gasteiger partial charge in [0.2, 0.25) is 5.91 Å². The molecule has 1 unspecified atom stereocenters. The number of anilines is 2. The number of carbonyl (C=O) groups excluding carboxylic acids is 2. The lowest BCUT2D eigenvalue weighted by Gasteiger charge is -2.33. The highest BCUT2D eigenvalue weighted by atomic mass is 32.1. The molecule has 1 atom stereocenters. The standard InChI is InChI=1S/C27H37N5O4S/c1-27(2,3)18-8-9-21-22(16-18)37-26(29-23(33)10-11-31-14-12-30(4)13-15-31)24(21)25(34)28-19-6-5-7-20(17-19)32(35)36/h5-7,17-18H,8-16H2,1-4H3,(H,28,34)(H,29,33)/p+1. The lowest BCUT2D eigenvalue weighted by molar-refractivity contribution is -0.884. The molecule has 1 aliphatic carbocycles. The summed E-state index contributed by atoms with van der Waals surface area (Å²) in [5.74, 6) is 0.0560. The number of benzene rings is 1. The summed E-state index contributed by atoms with van der Waals surface area (Å²) < 4.78 is 0. The van der Waals surface area contributed by atoms with E-state index < -0.39 is 4.92 Å². The number of hydrogen-bond donors (Lipinski definition) is 3. The van der Waals surface area contributed by atoms with E-state index in [2.05, 4.69) is 43.4 Å². The number of piperazine rings is 1. The van der Waals surface area contributed by atoms with Gasteiger partial charge in [-0.25, -0.2) is 0 Å². The molecule has 0 saturated carbocycles. The van der Waals surface area contributed by atoms with E-state index in [4.69, 9.17) is 0 Å². The molecule has 2 aromatic rings. The molecular weight excluding hydrogens is 490 g/mol. The zero-order valence-corrected chi connectivity index (χ0v) is 23.0. The minimum Gasteiger partial charge on any atom is -0.335 e. The topological polar surface area (TPSA) is 109 Å². The van der Waals surface area contributed by atoms with Crippen molar-refractivity contribution in [3.8, 4) is 0 Å². The molecule has 37 heavy (non-hydrogen) atoms. The van der Waals surface area contributed by atoms with E-state index in [9.17, 15) is 19.7 Å². The summed E-state index contributed by atoms with van der Waals surface area (Å²) in [4.78, 5) is 42.1. The van der Waals surface area contributed by atoms with E-state index in [0.717, 1.165) is 55.9 Å². The third-order valence-electron chi connectivity index (χ3n) is 7.65. The normalized spacial score (nSPS) is 18.8. The van der Waals surface area contributed by atoms with Crippen molar-refractivity contribution in [2.24, 2.45) is 11.3 Å². The van der Waals surface area contributed by atoms with Gasteiger partial charge in [0.25, 0.3) is 11.6 Å². The van der Waals surface area contributed by atoms with Crippen LogP contribution in [0.5, 0.6) is 0 Å². The number of thiophene rings is 1. The van der Waals surface area contributed by atoms with Crippen LogP contribution in [0.2, 0.25) is 0 Å². The van der Waals surface area contributed by atoms with Gasteiger partial charge in [0.15, 0.2) is 0 Å². The van der Waals surface area contributed by atoms with Crippen LogP contribution in [-0.4, -0.2) is 61.4 Å². The Morgan fingerprint density at radius 1 is 1.22 bits per heavy atom. The van der Waals surface area contributed by atoms with Gasteiger partial charge in [-0.15, -0.1) is 11.3 Å². The molecule has 1 aromatic carbocycles. The van der Waals surface area contributed by atoms with Crippen molar-refractivity contribution in [3.05, 3.63) is 50.4 Å². The minimum absolute atomic E-state index is 0.0859. The van der Waals surface area contributed by atoms with E-state index in [1.54, 1.807) is 12.1 Å². The predicted molar refractivity (Wildman–Crippen MR) is 147 cm³/mol. The number of rotatable bonds is 7. The fraction of sp³-hybridized carbons (Fsp3) is 0.556. The summed E-state index contributed by atoms with van der Waals surface area (Å²) in [7, 11) is 2.19. The highest BCUT2D eigenvalue weighted by Gasteiger charge is 2.34. The Hall–Kier alpha value is -2.82. The fourth-order valence-corrected chi connectivity index (χ4v) is 6.49. The summed E-state index contributed by atoms with van der Waals surface area (Å²) in [5, 5.41) is 17.6. The maximum atomic E-state index is 13.5. The number of nitro benzene ring substituents is 1. The van der Waals surface area contributed by atoms with Crippen LogP contribution in [0, 0.1) is 21.4 Å². The maximum Gasteiger partial charge on any atom is 0.271 e. The molecule has 2 amide bonds. The van der Waals surface area contributed by atoms with Crippen LogP contribution in [-0.2, 0) is 17.6 Å². The zero-order valence-electron chi connectivity index (χ0n) is 22.2. The van der Waals surface area contributed by atoms with Crippen LogP contribution in [0.15, 0.2) is 24.3 Å². The van der Waals surface area contributed by atoms with Crippen LogP contribution >= 0.6 is 11.3 Å². The van der Waals surface area contributed by atoms with Crippen molar-refractivity contribution in [2.45, 2.75) is 46.5 Å². The monoisotopic (exact) mass is 528 g/mol. The first-order valence-corrected chi connectivity index (χ1v) is 13.9. The van der Waals surface area contributed by atoms with Gasteiger partial charge in [-0.2, -0.15) is 0 Å². The smallest absolute Gasteiger partial charge is 0.271 e. The molecule has 1 saturated heterocycles.